The van der Waals surface area contributed by atoms with Crippen LogP contribution in [-0.2, 0) is 6.42 Å². The molecule has 0 aliphatic carbocycles. The fourth-order valence-electron chi connectivity index (χ4n) is 1.70. The maximum atomic E-state index is 6.20. The highest BCUT2D eigenvalue weighted by Gasteiger charge is 2.16. The van der Waals surface area contributed by atoms with E-state index in [2.05, 4.69) is 15.3 Å². The molecule has 2 aromatic heterocycles. The quantitative estimate of drug-likeness (QED) is 0.654. The van der Waals surface area contributed by atoms with Crippen LogP contribution in [0.2, 0.25) is 15.1 Å². The Morgan fingerprint density at radius 1 is 1.21 bits per heavy atom. The molecule has 0 amide bonds. The Labute approximate surface area is 127 Å². The van der Waals surface area contributed by atoms with Crippen LogP contribution in [0, 0.1) is 0 Å². The van der Waals surface area contributed by atoms with Gasteiger partial charge < -0.3 is 0 Å². The second kappa shape index (κ2) is 4.90. The van der Waals surface area contributed by atoms with Gasteiger partial charge in [-0.3, -0.25) is 0 Å². The van der Waals surface area contributed by atoms with E-state index in [1.807, 2.05) is 6.92 Å². The average Bonchev–Trinajstić information content (AvgIpc) is 2.93. The van der Waals surface area contributed by atoms with Crippen molar-refractivity contribution in [1.82, 2.24) is 19.8 Å². The maximum absolute atomic E-state index is 6.20. The molecule has 19 heavy (non-hydrogen) atoms. The molecule has 1 aromatic carbocycles. The van der Waals surface area contributed by atoms with Gasteiger partial charge in [0.2, 0.25) is 4.96 Å². The fraction of sp³-hybridized carbons (Fsp3) is 0.182. The Morgan fingerprint density at radius 3 is 2.74 bits per heavy atom. The molecule has 0 N–H and O–H groups in total. The van der Waals surface area contributed by atoms with E-state index in [-0.39, 0.29) is 0 Å². The van der Waals surface area contributed by atoms with Gasteiger partial charge in [-0.05, 0) is 12.1 Å². The van der Waals surface area contributed by atoms with Crippen LogP contribution >= 0.6 is 46.1 Å². The molecule has 2 heterocycles. The molecule has 3 rings (SSSR count). The summed E-state index contributed by atoms with van der Waals surface area (Å²) in [6.45, 7) is 2.00. The van der Waals surface area contributed by atoms with Crippen molar-refractivity contribution in [1.29, 1.82) is 0 Å². The minimum absolute atomic E-state index is 0.408. The molecule has 8 heteroatoms. The lowest BCUT2D eigenvalue weighted by Gasteiger charge is -2.03. The molecule has 3 aromatic rings. The molecule has 0 bridgehead atoms. The lowest BCUT2D eigenvalue weighted by Crippen LogP contribution is -1.93. The number of halogens is 3. The zero-order valence-corrected chi connectivity index (χ0v) is 12.8. The predicted molar refractivity (Wildman–Crippen MR) is 78.5 cm³/mol. The number of benzene rings is 1. The summed E-state index contributed by atoms with van der Waals surface area (Å²) in [6.07, 6.45) is 0.758. The van der Waals surface area contributed by atoms with Crippen LogP contribution in [0.4, 0.5) is 0 Å². The number of aromatic nitrogens is 4. The molecule has 0 atom stereocenters. The first kappa shape index (κ1) is 13.1. The van der Waals surface area contributed by atoms with Gasteiger partial charge in [-0.15, -0.1) is 10.2 Å². The Kier molecular flexibility index (Phi) is 3.39. The molecular weight excluding hydrogens is 327 g/mol. The van der Waals surface area contributed by atoms with E-state index in [0.29, 0.717) is 25.6 Å². The molecule has 0 spiro atoms. The summed E-state index contributed by atoms with van der Waals surface area (Å²) in [5.74, 6) is 0.807. The van der Waals surface area contributed by atoms with Crippen molar-refractivity contribution in [3.8, 4) is 10.6 Å². The smallest absolute Gasteiger partial charge is 0.187 e. The van der Waals surface area contributed by atoms with E-state index in [4.69, 9.17) is 34.8 Å². The predicted octanol–water partition coefficient (Wildman–Crippen LogP) is 4.38. The summed E-state index contributed by atoms with van der Waals surface area (Å²) in [6, 6.07) is 3.35. The molecule has 98 valence electrons. The molecule has 0 radical (unpaired) electrons. The van der Waals surface area contributed by atoms with E-state index >= 15 is 0 Å². The first-order chi connectivity index (χ1) is 9.10. The lowest BCUT2D eigenvalue weighted by atomic mass is 10.2. The van der Waals surface area contributed by atoms with Crippen molar-refractivity contribution in [3.05, 3.63) is 33.0 Å². The van der Waals surface area contributed by atoms with E-state index in [0.717, 1.165) is 17.2 Å². The number of hydrogen-bond donors (Lipinski definition) is 0. The van der Waals surface area contributed by atoms with E-state index < -0.39 is 0 Å². The van der Waals surface area contributed by atoms with Gasteiger partial charge in [0.1, 0.15) is 5.01 Å². The zero-order chi connectivity index (χ0) is 13.6. The second-order valence-corrected chi connectivity index (χ2v) is 6.00. The minimum Gasteiger partial charge on any atom is -0.187 e. The van der Waals surface area contributed by atoms with Crippen LogP contribution in [0.5, 0.6) is 0 Å². The monoisotopic (exact) mass is 332 g/mol. The first-order valence-electron chi connectivity index (χ1n) is 5.46. The lowest BCUT2D eigenvalue weighted by molar-refractivity contribution is 0.838. The van der Waals surface area contributed by atoms with Gasteiger partial charge in [0.15, 0.2) is 5.82 Å². The summed E-state index contributed by atoms with van der Waals surface area (Å²) in [4.78, 5) is 0.721. The molecule has 0 unspecified atom stereocenters. The van der Waals surface area contributed by atoms with Gasteiger partial charge in [-0.2, -0.15) is 9.61 Å². The average molecular weight is 334 g/mol. The molecular formula is C11H7Cl3N4S. The third-order valence-electron chi connectivity index (χ3n) is 2.60. The summed E-state index contributed by atoms with van der Waals surface area (Å²) in [5.41, 5.74) is 0.705. The largest absolute Gasteiger partial charge is 0.234 e. The van der Waals surface area contributed by atoms with E-state index in [1.54, 1.807) is 16.6 Å². The molecule has 0 fully saturated rings. The zero-order valence-electron chi connectivity index (χ0n) is 9.69. The van der Waals surface area contributed by atoms with Crippen molar-refractivity contribution in [2.24, 2.45) is 0 Å². The van der Waals surface area contributed by atoms with Crippen molar-refractivity contribution < 1.29 is 0 Å². The van der Waals surface area contributed by atoms with Crippen LogP contribution in [-0.4, -0.2) is 19.8 Å². The highest BCUT2D eigenvalue weighted by Crippen LogP contribution is 2.38. The highest BCUT2D eigenvalue weighted by molar-refractivity contribution is 7.19. The maximum Gasteiger partial charge on any atom is 0.234 e. The van der Waals surface area contributed by atoms with E-state index in [9.17, 15) is 0 Å². The van der Waals surface area contributed by atoms with Crippen LogP contribution in [0.3, 0.4) is 0 Å². The van der Waals surface area contributed by atoms with Crippen molar-refractivity contribution in [2.45, 2.75) is 13.3 Å². The Bertz CT molecular complexity index is 765. The summed E-state index contributed by atoms with van der Waals surface area (Å²) in [5, 5.41) is 14.7. The molecule has 0 saturated carbocycles. The van der Waals surface area contributed by atoms with Gasteiger partial charge in [-0.1, -0.05) is 53.1 Å². The van der Waals surface area contributed by atoms with Crippen molar-refractivity contribution in [3.63, 3.8) is 0 Å². The summed E-state index contributed by atoms with van der Waals surface area (Å²) in [7, 11) is 0. The highest BCUT2D eigenvalue weighted by atomic mass is 35.5. The van der Waals surface area contributed by atoms with Gasteiger partial charge in [0, 0.05) is 17.0 Å². The first-order valence-corrected chi connectivity index (χ1v) is 7.41. The number of nitrogens with zero attached hydrogens (tertiary/aromatic N) is 4. The van der Waals surface area contributed by atoms with Gasteiger partial charge >= 0.3 is 0 Å². The Balaban J connectivity index is 2.21. The third-order valence-corrected chi connectivity index (χ3v) is 4.55. The second-order valence-electron chi connectivity index (χ2n) is 3.82. The van der Waals surface area contributed by atoms with Crippen LogP contribution < -0.4 is 0 Å². The van der Waals surface area contributed by atoms with Crippen LogP contribution in [0.25, 0.3) is 15.5 Å². The minimum atomic E-state index is 0.408. The van der Waals surface area contributed by atoms with Crippen LogP contribution in [0.1, 0.15) is 12.7 Å². The number of fused-ring (bicyclic) bond motifs is 1. The van der Waals surface area contributed by atoms with Crippen molar-refractivity contribution >= 4 is 51.1 Å². The van der Waals surface area contributed by atoms with Crippen LogP contribution in [0.15, 0.2) is 12.1 Å². The van der Waals surface area contributed by atoms with E-state index in [1.165, 1.54) is 11.3 Å². The van der Waals surface area contributed by atoms with Gasteiger partial charge in [-0.25, -0.2) is 0 Å². The molecule has 0 aliphatic rings. The number of aryl methyl sites for hydroxylation is 1. The van der Waals surface area contributed by atoms with Crippen molar-refractivity contribution in [2.75, 3.05) is 0 Å². The standard InChI is InChI=1S/C11H7Cl3N4S/c1-2-8-15-16-11-18(8)17-10(19-11)6-3-5(12)4-7(13)9(6)14/h3-4H,2H2,1H3. The molecule has 0 aliphatic heterocycles. The topological polar surface area (TPSA) is 43.1 Å². The van der Waals surface area contributed by atoms with Gasteiger partial charge in [0.05, 0.1) is 10.0 Å². The summed E-state index contributed by atoms with van der Waals surface area (Å²) < 4.78 is 1.71. The van der Waals surface area contributed by atoms with Gasteiger partial charge in [0.25, 0.3) is 0 Å². The summed E-state index contributed by atoms with van der Waals surface area (Å²) >= 11 is 19.6. The normalized spacial score (nSPS) is 11.4. The Morgan fingerprint density at radius 2 is 2.00 bits per heavy atom. The molecule has 4 nitrogen and oxygen atoms in total. The fourth-order valence-corrected chi connectivity index (χ4v) is 3.33. The number of hydrogen-bond acceptors (Lipinski definition) is 4. The SMILES string of the molecule is CCc1nnc2sc(-c3cc(Cl)cc(Cl)c3Cl)nn12. The third kappa shape index (κ3) is 2.21. The number of rotatable bonds is 2. The molecule has 0 saturated heterocycles. The Hall–Kier alpha value is -0.880.